The average Bonchev–Trinajstić information content (AvgIpc) is 2.97. The number of aliphatic hydroxyl groups is 1. The van der Waals surface area contributed by atoms with Gasteiger partial charge < -0.3 is 9.84 Å². The van der Waals surface area contributed by atoms with Crippen LogP contribution in [0.2, 0.25) is 0 Å². The minimum absolute atomic E-state index is 0.536. The standard InChI is InChI=1S/C21H25N2O2S/c1-3-25-18-11-9-17(10-12-18)21(24)15-22(19-8-5-4-7-16(19)2)20-23(21)13-6-14-26-20/h4-5,7-12,24H,3,6,13-15H2,1-2H3/q+1. The van der Waals surface area contributed by atoms with E-state index in [1.807, 2.05) is 43.0 Å². The van der Waals surface area contributed by atoms with E-state index in [0.29, 0.717) is 13.2 Å². The van der Waals surface area contributed by atoms with Crippen LogP contribution in [0.1, 0.15) is 24.5 Å². The summed E-state index contributed by atoms with van der Waals surface area (Å²) in [6.45, 7) is 6.15. The van der Waals surface area contributed by atoms with Crippen molar-refractivity contribution in [2.24, 2.45) is 0 Å². The Balaban J connectivity index is 1.75. The highest BCUT2D eigenvalue weighted by Crippen LogP contribution is 2.38. The SMILES string of the molecule is CCOc1ccc(C2(O)CN(c3ccccc3C)C3=[N+]2CCCS3)cc1. The van der Waals surface area contributed by atoms with Gasteiger partial charge in [0.1, 0.15) is 11.4 Å². The number of anilines is 1. The molecule has 0 radical (unpaired) electrons. The minimum atomic E-state index is -1.02. The average molecular weight is 370 g/mol. The zero-order chi connectivity index (χ0) is 18.1. The van der Waals surface area contributed by atoms with Gasteiger partial charge in [0.25, 0.3) is 5.72 Å². The van der Waals surface area contributed by atoms with Crippen molar-refractivity contribution >= 4 is 22.6 Å². The smallest absolute Gasteiger partial charge is 0.316 e. The molecule has 0 saturated heterocycles. The third-order valence-electron chi connectivity index (χ3n) is 5.08. The van der Waals surface area contributed by atoms with Gasteiger partial charge in [-0.1, -0.05) is 18.2 Å². The Morgan fingerprint density at radius 3 is 2.69 bits per heavy atom. The van der Waals surface area contributed by atoms with E-state index in [9.17, 15) is 5.11 Å². The van der Waals surface area contributed by atoms with Crippen LogP contribution in [-0.2, 0) is 5.72 Å². The molecule has 0 fully saturated rings. The molecule has 1 atom stereocenters. The van der Waals surface area contributed by atoms with Gasteiger partial charge in [-0.05, 0) is 67.9 Å². The molecule has 0 aromatic heterocycles. The maximum Gasteiger partial charge on any atom is 0.316 e. The third-order valence-corrected chi connectivity index (χ3v) is 6.27. The topological polar surface area (TPSA) is 35.7 Å². The molecule has 2 aliphatic heterocycles. The summed E-state index contributed by atoms with van der Waals surface area (Å²) in [5.74, 6) is 1.93. The van der Waals surface area contributed by atoms with Crippen LogP contribution in [0.3, 0.4) is 0 Å². The van der Waals surface area contributed by atoms with E-state index in [1.54, 1.807) is 0 Å². The number of amidine groups is 1. The van der Waals surface area contributed by atoms with Crippen LogP contribution >= 0.6 is 11.8 Å². The number of aryl methyl sites for hydroxylation is 1. The molecule has 0 amide bonds. The van der Waals surface area contributed by atoms with E-state index in [-0.39, 0.29) is 0 Å². The summed E-state index contributed by atoms with van der Waals surface area (Å²) < 4.78 is 7.72. The molecule has 0 spiro atoms. The number of hydrogen-bond donors (Lipinski definition) is 1. The van der Waals surface area contributed by atoms with E-state index >= 15 is 0 Å². The van der Waals surface area contributed by atoms with Crippen molar-refractivity contribution in [2.45, 2.75) is 26.0 Å². The second-order valence-corrected chi connectivity index (χ2v) is 7.84. The van der Waals surface area contributed by atoms with Gasteiger partial charge >= 0.3 is 5.17 Å². The van der Waals surface area contributed by atoms with Crippen molar-refractivity contribution in [3.05, 3.63) is 59.7 Å². The quantitative estimate of drug-likeness (QED) is 0.836. The molecular weight excluding hydrogens is 344 g/mol. The molecule has 0 bridgehead atoms. The Bertz CT molecular complexity index is 834. The zero-order valence-electron chi connectivity index (χ0n) is 15.3. The first kappa shape index (κ1) is 17.4. The second-order valence-electron chi connectivity index (χ2n) is 6.78. The fourth-order valence-corrected chi connectivity index (χ4v) is 4.96. The first-order valence-corrected chi connectivity index (χ1v) is 10.2. The maximum absolute atomic E-state index is 11.7. The van der Waals surface area contributed by atoms with Crippen LogP contribution in [0, 0.1) is 6.92 Å². The fourth-order valence-electron chi connectivity index (χ4n) is 3.79. The molecule has 4 rings (SSSR count). The second kappa shape index (κ2) is 6.97. The number of ether oxygens (including phenoxy) is 1. The summed E-state index contributed by atoms with van der Waals surface area (Å²) in [7, 11) is 0. The normalized spacial score (nSPS) is 22.5. The molecule has 1 unspecified atom stereocenters. The van der Waals surface area contributed by atoms with E-state index in [0.717, 1.165) is 35.2 Å². The van der Waals surface area contributed by atoms with Gasteiger partial charge in [-0.25, -0.2) is 9.48 Å². The lowest BCUT2D eigenvalue weighted by Gasteiger charge is -2.24. The van der Waals surface area contributed by atoms with Crippen LogP contribution < -0.4 is 9.64 Å². The van der Waals surface area contributed by atoms with E-state index in [2.05, 4.69) is 40.7 Å². The van der Waals surface area contributed by atoms with Gasteiger partial charge in [0.15, 0.2) is 6.54 Å². The monoisotopic (exact) mass is 369 g/mol. The zero-order valence-corrected chi connectivity index (χ0v) is 16.1. The van der Waals surface area contributed by atoms with Crippen molar-refractivity contribution in [1.82, 2.24) is 0 Å². The molecule has 2 aliphatic rings. The third kappa shape index (κ3) is 2.89. The minimum Gasteiger partial charge on any atom is -0.494 e. The van der Waals surface area contributed by atoms with Crippen molar-refractivity contribution < 1.29 is 14.4 Å². The van der Waals surface area contributed by atoms with Gasteiger partial charge in [0.05, 0.1) is 13.2 Å². The van der Waals surface area contributed by atoms with E-state index in [1.165, 1.54) is 11.3 Å². The first-order valence-electron chi connectivity index (χ1n) is 9.20. The Morgan fingerprint density at radius 1 is 1.19 bits per heavy atom. The highest BCUT2D eigenvalue weighted by Gasteiger charge is 2.53. The molecule has 2 aromatic carbocycles. The van der Waals surface area contributed by atoms with Gasteiger partial charge in [0, 0.05) is 11.3 Å². The summed E-state index contributed by atoms with van der Waals surface area (Å²) in [5.41, 5.74) is 2.29. The number of benzene rings is 2. The van der Waals surface area contributed by atoms with Crippen molar-refractivity contribution in [2.75, 3.05) is 30.3 Å². The summed E-state index contributed by atoms with van der Waals surface area (Å²) >= 11 is 1.84. The van der Waals surface area contributed by atoms with Gasteiger partial charge in [0.2, 0.25) is 0 Å². The van der Waals surface area contributed by atoms with Crippen LogP contribution in [0.4, 0.5) is 5.69 Å². The lowest BCUT2D eigenvalue weighted by atomic mass is 10.0. The molecule has 2 aromatic rings. The molecule has 0 aliphatic carbocycles. The highest BCUT2D eigenvalue weighted by molar-refractivity contribution is 8.13. The number of hydrogen-bond acceptors (Lipinski definition) is 4. The summed E-state index contributed by atoms with van der Waals surface area (Å²) in [4.78, 5) is 2.27. The number of β-amino-alcohol motifs (C(OH)–C–C–N with tert-alkyl or cyclic N) is 1. The van der Waals surface area contributed by atoms with Crippen LogP contribution in [-0.4, -0.2) is 40.3 Å². The number of rotatable bonds is 4. The van der Waals surface area contributed by atoms with Crippen molar-refractivity contribution in [1.29, 1.82) is 0 Å². The van der Waals surface area contributed by atoms with Crippen LogP contribution in [0.5, 0.6) is 5.75 Å². The Labute approximate surface area is 159 Å². The molecule has 2 heterocycles. The van der Waals surface area contributed by atoms with Crippen LogP contribution in [0.15, 0.2) is 48.5 Å². The van der Waals surface area contributed by atoms with Crippen LogP contribution in [0.25, 0.3) is 0 Å². The van der Waals surface area contributed by atoms with Gasteiger partial charge in [-0.3, -0.25) is 0 Å². The molecule has 136 valence electrons. The lowest BCUT2D eigenvalue weighted by Crippen LogP contribution is -2.41. The summed E-state index contributed by atoms with van der Waals surface area (Å²) in [6.07, 6.45) is 1.08. The van der Waals surface area contributed by atoms with Crippen molar-refractivity contribution in [3.63, 3.8) is 0 Å². The molecule has 4 nitrogen and oxygen atoms in total. The molecule has 26 heavy (non-hydrogen) atoms. The number of thioether (sulfide) groups is 1. The predicted molar refractivity (Wildman–Crippen MR) is 107 cm³/mol. The molecule has 1 N–H and O–H groups in total. The van der Waals surface area contributed by atoms with E-state index in [4.69, 9.17) is 4.74 Å². The van der Waals surface area contributed by atoms with Gasteiger partial charge in [-0.2, -0.15) is 0 Å². The Morgan fingerprint density at radius 2 is 1.96 bits per heavy atom. The van der Waals surface area contributed by atoms with Crippen molar-refractivity contribution in [3.8, 4) is 5.75 Å². The summed E-state index contributed by atoms with van der Waals surface area (Å²) in [6, 6.07) is 16.3. The Hall–Kier alpha value is -1.98. The van der Waals surface area contributed by atoms with Gasteiger partial charge in [-0.15, -0.1) is 0 Å². The number of para-hydroxylation sites is 1. The number of nitrogens with zero attached hydrogens (tertiary/aromatic N) is 2. The predicted octanol–water partition coefficient (Wildman–Crippen LogP) is 3.56. The highest BCUT2D eigenvalue weighted by atomic mass is 32.2. The lowest BCUT2D eigenvalue weighted by molar-refractivity contribution is -0.656. The maximum atomic E-state index is 11.7. The fraction of sp³-hybridized carbons (Fsp3) is 0.381. The summed E-state index contributed by atoms with van der Waals surface area (Å²) in [5, 5.41) is 12.9. The molecular formula is C21H25N2O2S+. The Kier molecular flexibility index (Phi) is 4.67. The first-order chi connectivity index (χ1) is 12.6. The van der Waals surface area contributed by atoms with E-state index < -0.39 is 5.72 Å². The molecule has 0 saturated carbocycles. The largest absolute Gasteiger partial charge is 0.494 e. The molecule has 5 heteroatoms.